The van der Waals surface area contributed by atoms with Crippen LogP contribution in [0.3, 0.4) is 0 Å². The van der Waals surface area contributed by atoms with Crippen molar-refractivity contribution in [3.8, 4) is 0 Å². The van der Waals surface area contributed by atoms with Crippen LogP contribution in [0, 0.1) is 0 Å². The average molecular weight is 685 g/mol. The molecule has 256 valence electrons. The number of hydrogen-bond donors (Lipinski definition) is 3. The molecule has 49 heavy (non-hydrogen) atoms. The minimum Gasteiger partial charge on any atom is -0.477 e. The molecule has 0 radical (unpaired) electrons. The zero-order chi connectivity index (χ0) is 35.5. The first-order valence-electron chi connectivity index (χ1n) is 15.1. The molecule has 3 aromatic carbocycles. The molecule has 1 aliphatic heterocycles. The fourth-order valence-corrected chi connectivity index (χ4v) is 5.43. The van der Waals surface area contributed by atoms with E-state index in [9.17, 15) is 45.9 Å². The predicted molar refractivity (Wildman–Crippen MR) is 167 cm³/mol. The Kier molecular flexibility index (Phi) is 9.83. The van der Waals surface area contributed by atoms with Gasteiger partial charge in [-0.2, -0.15) is 22.0 Å². The highest BCUT2D eigenvalue weighted by Crippen LogP contribution is 2.31. The van der Waals surface area contributed by atoms with Gasteiger partial charge >= 0.3 is 24.1 Å². The van der Waals surface area contributed by atoms with Gasteiger partial charge in [-0.25, -0.2) is 9.59 Å². The lowest BCUT2D eigenvalue weighted by Gasteiger charge is -2.24. The van der Waals surface area contributed by atoms with Gasteiger partial charge in [-0.15, -0.1) is 0 Å². The Bertz CT molecular complexity index is 1820. The summed E-state index contributed by atoms with van der Waals surface area (Å²) < 4.78 is 65.7. The third kappa shape index (κ3) is 8.11. The number of nitrogens with zero attached hydrogens (tertiary/aromatic N) is 2. The molecule has 0 spiro atoms. The van der Waals surface area contributed by atoms with Crippen molar-refractivity contribution in [3.05, 3.63) is 101 Å². The Labute approximate surface area is 276 Å². The van der Waals surface area contributed by atoms with E-state index in [4.69, 9.17) is 5.11 Å². The van der Waals surface area contributed by atoms with Crippen LogP contribution in [0.2, 0.25) is 0 Å². The fourth-order valence-electron chi connectivity index (χ4n) is 5.43. The first-order chi connectivity index (χ1) is 23.1. The molecule has 0 fully saturated rings. The summed E-state index contributed by atoms with van der Waals surface area (Å²) >= 11 is 0. The van der Waals surface area contributed by atoms with Gasteiger partial charge < -0.3 is 15.7 Å². The number of fused-ring (bicyclic) bond motifs is 1. The number of imide groups is 1. The minimum atomic E-state index is -4.80. The molecule has 15 heteroatoms. The van der Waals surface area contributed by atoms with Gasteiger partial charge in [0.25, 0.3) is 17.7 Å². The molecule has 3 N–H and O–H groups in total. The molecule has 2 aliphatic rings. The van der Waals surface area contributed by atoms with E-state index in [1.54, 1.807) is 12.1 Å². The smallest absolute Gasteiger partial charge is 0.406 e. The quantitative estimate of drug-likeness (QED) is 0.165. The Morgan fingerprint density at radius 2 is 1.53 bits per heavy atom. The molecule has 5 rings (SSSR count). The number of benzene rings is 3. The van der Waals surface area contributed by atoms with E-state index in [0.29, 0.717) is 11.3 Å². The van der Waals surface area contributed by atoms with Crippen LogP contribution in [0.4, 0.5) is 38.1 Å². The standard InChI is InChI=1S/C34H29F5N4O6/c35-33(36,31(47)48)18-40-28(44)23-8-6-20(7-9-23)17-42(25-13-10-22(11-14-25)21-4-2-1-3-5-21)32(49)41-24-12-15-26-27(16-24)30(46)43(29(26)45)19-34(37,38)39/h4,6-16H,1-3,5,17-19H2,(H,40,44)(H,41,49)(H,47,48). The summed E-state index contributed by atoms with van der Waals surface area (Å²) in [4.78, 5) is 63.2. The van der Waals surface area contributed by atoms with Gasteiger partial charge in [0.1, 0.15) is 6.54 Å². The van der Waals surface area contributed by atoms with E-state index in [1.807, 2.05) is 17.4 Å². The molecule has 1 aliphatic carbocycles. The van der Waals surface area contributed by atoms with Crippen molar-refractivity contribution < 1.29 is 51.0 Å². The van der Waals surface area contributed by atoms with Gasteiger partial charge in [0.05, 0.1) is 24.2 Å². The van der Waals surface area contributed by atoms with Crippen molar-refractivity contribution in [3.63, 3.8) is 0 Å². The Hall–Kier alpha value is -5.60. The highest BCUT2D eigenvalue weighted by atomic mass is 19.4. The number of aliphatic carboxylic acids is 1. The SMILES string of the molecule is O=C(NCC(F)(F)C(=O)O)c1ccc(CN(C(=O)Nc2ccc3c(c2)C(=O)N(CC(F)(F)F)C3=O)c2ccc(C3=CCCCC3)cc2)cc1. The Morgan fingerprint density at radius 3 is 2.14 bits per heavy atom. The number of rotatable bonds is 10. The molecule has 0 bridgehead atoms. The predicted octanol–water partition coefficient (Wildman–Crippen LogP) is 6.49. The molecule has 5 amide bonds. The van der Waals surface area contributed by atoms with Crippen LogP contribution in [0.15, 0.2) is 72.8 Å². The molecule has 3 aromatic rings. The summed E-state index contributed by atoms with van der Waals surface area (Å²) in [6.45, 7) is -3.24. The van der Waals surface area contributed by atoms with E-state index in [-0.39, 0.29) is 33.8 Å². The second kappa shape index (κ2) is 13.9. The first-order valence-corrected chi connectivity index (χ1v) is 15.1. The van der Waals surface area contributed by atoms with E-state index in [1.165, 1.54) is 40.8 Å². The van der Waals surface area contributed by atoms with Crippen molar-refractivity contribution >= 4 is 46.7 Å². The third-order valence-corrected chi connectivity index (χ3v) is 7.99. The number of alkyl halides is 5. The lowest BCUT2D eigenvalue weighted by atomic mass is 9.93. The molecular weight excluding hydrogens is 655 g/mol. The van der Waals surface area contributed by atoms with E-state index in [0.717, 1.165) is 43.4 Å². The number of halogens is 5. The molecular formula is C34H29F5N4O6. The second-order valence-corrected chi connectivity index (χ2v) is 11.5. The number of amides is 5. The lowest BCUT2D eigenvalue weighted by Crippen LogP contribution is -2.42. The maximum atomic E-state index is 13.7. The number of carboxylic acids is 1. The van der Waals surface area contributed by atoms with E-state index < -0.39 is 54.9 Å². The highest BCUT2D eigenvalue weighted by molar-refractivity contribution is 6.22. The van der Waals surface area contributed by atoms with Gasteiger partial charge in [-0.05, 0) is 84.8 Å². The zero-order valence-corrected chi connectivity index (χ0v) is 25.7. The Morgan fingerprint density at radius 1 is 0.857 bits per heavy atom. The largest absolute Gasteiger partial charge is 0.477 e. The molecule has 0 unspecified atom stereocenters. The van der Waals surface area contributed by atoms with Gasteiger partial charge in [0, 0.05) is 16.9 Å². The second-order valence-electron chi connectivity index (χ2n) is 11.5. The number of urea groups is 1. The van der Waals surface area contributed by atoms with Crippen molar-refractivity contribution in [1.29, 1.82) is 0 Å². The van der Waals surface area contributed by atoms with Crippen LogP contribution >= 0.6 is 0 Å². The number of anilines is 2. The maximum Gasteiger partial charge on any atom is 0.406 e. The van der Waals surface area contributed by atoms with Crippen molar-refractivity contribution in [2.24, 2.45) is 0 Å². The first kappa shape index (κ1) is 34.7. The van der Waals surface area contributed by atoms with Crippen LogP contribution in [0.1, 0.15) is 67.9 Å². The van der Waals surface area contributed by atoms with Crippen LogP contribution < -0.4 is 15.5 Å². The monoisotopic (exact) mass is 684 g/mol. The van der Waals surface area contributed by atoms with Crippen LogP contribution in [-0.2, 0) is 11.3 Å². The summed E-state index contributed by atoms with van der Waals surface area (Å²) in [6, 6.07) is 15.6. The molecule has 0 aromatic heterocycles. The lowest BCUT2D eigenvalue weighted by molar-refractivity contribution is -0.163. The molecule has 1 heterocycles. The minimum absolute atomic E-state index is 0.0389. The van der Waals surface area contributed by atoms with Gasteiger partial charge in [-0.3, -0.25) is 24.2 Å². The summed E-state index contributed by atoms with van der Waals surface area (Å²) in [5, 5.41) is 13.1. The van der Waals surface area contributed by atoms with Crippen LogP contribution in [-0.4, -0.2) is 64.9 Å². The van der Waals surface area contributed by atoms with Crippen LogP contribution in [0.5, 0.6) is 0 Å². The average Bonchev–Trinajstić information content (AvgIpc) is 3.30. The van der Waals surface area contributed by atoms with Crippen molar-refractivity contribution in [2.75, 3.05) is 23.3 Å². The number of carboxylic acid groups (broad SMARTS) is 1. The third-order valence-electron chi connectivity index (χ3n) is 7.99. The summed E-state index contributed by atoms with van der Waals surface area (Å²) in [7, 11) is 0. The number of carbonyl (C=O) groups excluding carboxylic acids is 4. The van der Waals surface area contributed by atoms with Crippen LogP contribution in [0.25, 0.3) is 5.57 Å². The zero-order valence-electron chi connectivity index (χ0n) is 25.7. The molecule has 0 atom stereocenters. The number of nitrogens with one attached hydrogen (secondary N) is 2. The number of hydrogen-bond acceptors (Lipinski definition) is 5. The normalized spacial score (nSPS) is 14.6. The van der Waals surface area contributed by atoms with Crippen molar-refractivity contribution in [2.45, 2.75) is 44.3 Å². The highest BCUT2D eigenvalue weighted by Gasteiger charge is 2.43. The van der Waals surface area contributed by atoms with Gasteiger partial charge in [0.15, 0.2) is 0 Å². The van der Waals surface area contributed by atoms with E-state index in [2.05, 4.69) is 11.4 Å². The fraction of sp³-hybridized carbons (Fsp3) is 0.265. The molecule has 10 nitrogen and oxygen atoms in total. The van der Waals surface area contributed by atoms with E-state index >= 15 is 0 Å². The summed E-state index contributed by atoms with van der Waals surface area (Å²) in [5.41, 5.74) is 2.59. The number of carbonyl (C=O) groups is 5. The summed E-state index contributed by atoms with van der Waals surface area (Å²) in [6.07, 6.45) is 1.40. The Balaban J connectivity index is 1.37. The maximum absolute atomic E-state index is 13.7. The molecule has 0 saturated heterocycles. The van der Waals surface area contributed by atoms with Gasteiger partial charge in [-0.1, -0.05) is 30.3 Å². The number of allylic oxidation sites excluding steroid dienone is 2. The molecule has 0 saturated carbocycles. The topological polar surface area (TPSA) is 136 Å². The van der Waals surface area contributed by atoms with Crippen molar-refractivity contribution in [1.82, 2.24) is 10.2 Å². The van der Waals surface area contributed by atoms with Gasteiger partial charge in [0.2, 0.25) is 0 Å². The summed E-state index contributed by atoms with van der Waals surface area (Å²) in [5.74, 6) is -9.72.